The zero-order valence-electron chi connectivity index (χ0n) is 15.4. The van der Waals surface area contributed by atoms with Gasteiger partial charge in [-0.15, -0.1) is 10.2 Å². The summed E-state index contributed by atoms with van der Waals surface area (Å²) < 4.78 is 6.72. The predicted octanol–water partition coefficient (Wildman–Crippen LogP) is 1.89. The number of aromatic nitrogens is 4. The van der Waals surface area contributed by atoms with E-state index in [4.69, 9.17) is 4.74 Å². The molecule has 2 aromatic heterocycles. The Morgan fingerprint density at radius 3 is 2.79 bits per heavy atom. The van der Waals surface area contributed by atoms with Gasteiger partial charge in [0, 0.05) is 11.8 Å². The van der Waals surface area contributed by atoms with Crippen LogP contribution in [0.5, 0.6) is 0 Å². The molecule has 0 aliphatic rings. The summed E-state index contributed by atoms with van der Waals surface area (Å²) in [5, 5.41) is 11.2. The van der Waals surface area contributed by atoms with Crippen LogP contribution in [0, 0.1) is 0 Å². The van der Waals surface area contributed by atoms with Gasteiger partial charge < -0.3 is 10.1 Å². The van der Waals surface area contributed by atoms with Gasteiger partial charge >= 0.3 is 5.97 Å². The number of carbonyl (C=O) groups excluding carboxylic acids is 2. The molecule has 9 nitrogen and oxygen atoms in total. The molecule has 0 aliphatic carbocycles. The molecule has 0 fully saturated rings. The minimum atomic E-state index is -0.494. The number of amides is 1. The molecule has 2 heterocycles. The molecule has 0 spiro atoms. The van der Waals surface area contributed by atoms with Crippen LogP contribution in [0.15, 0.2) is 40.3 Å². The lowest BCUT2D eigenvalue weighted by Gasteiger charge is -2.10. The fraction of sp³-hybridized carbons (Fsp3) is 0.278. The zero-order chi connectivity index (χ0) is 20.1. The average molecular weight is 401 g/mol. The van der Waals surface area contributed by atoms with Gasteiger partial charge in [0.25, 0.3) is 5.56 Å². The summed E-state index contributed by atoms with van der Waals surface area (Å²) in [5.74, 6) is -0.410. The minimum Gasteiger partial charge on any atom is -0.462 e. The molecule has 2 N–H and O–H groups in total. The number of carbonyl (C=O) groups is 2. The van der Waals surface area contributed by atoms with Gasteiger partial charge in [0.15, 0.2) is 5.16 Å². The normalized spacial score (nSPS) is 10.8. The number of fused-ring (bicyclic) bond motifs is 1. The molecule has 3 rings (SSSR count). The van der Waals surface area contributed by atoms with E-state index < -0.39 is 5.97 Å². The SMILES string of the molecule is CCOC(=O)c1ccccc1NC(=O)CSc1nnc2[nH]c(=O)cc(CC)n12. The van der Waals surface area contributed by atoms with E-state index in [-0.39, 0.29) is 23.8 Å². The van der Waals surface area contributed by atoms with Gasteiger partial charge in [0.05, 0.1) is 23.6 Å². The van der Waals surface area contributed by atoms with E-state index >= 15 is 0 Å². The van der Waals surface area contributed by atoms with Crippen LogP contribution in [0.4, 0.5) is 5.69 Å². The number of ether oxygens (including phenoxy) is 1. The van der Waals surface area contributed by atoms with E-state index in [1.54, 1.807) is 35.6 Å². The molecule has 0 radical (unpaired) electrons. The maximum Gasteiger partial charge on any atom is 0.340 e. The number of rotatable bonds is 7. The van der Waals surface area contributed by atoms with E-state index in [2.05, 4.69) is 20.5 Å². The third kappa shape index (κ3) is 4.22. The number of hydrogen-bond donors (Lipinski definition) is 2. The first-order chi connectivity index (χ1) is 13.5. The second kappa shape index (κ2) is 8.70. The number of benzene rings is 1. The highest BCUT2D eigenvalue weighted by Gasteiger charge is 2.16. The Bertz CT molecular complexity index is 1080. The molecule has 0 saturated carbocycles. The van der Waals surface area contributed by atoms with Crippen molar-refractivity contribution in [2.75, 3.05) is 17.7 Å². The molecular weight excluding hydrogens is 382 g/mol. The predicted molar refractivity (Wildman–Crippen MR) is 105 cm³/mol. The molecular formula is C18H19N5O4S. The Morgan fingerprint density at radius 2 is 2.04 bits per heavy atom. The van der Waals surface area contributed by atoms with Crippen LogP contribution in [0.25, 0.3) is 5.78 Å². The van der Waals surface area contributed by atoms with E-state index in [9.17, 15) is 14.4 Å². The first-order valence-corrected chi connectivity index (χ1v) is 9.68. The topological polar surface area (TPSA) is 118 Å². The van der Waals surface area contributed by atoms with Crippen LogP contribution in [0.1, 0.15) is 29.9 Å². The number of para-hydroxylation sites is 1. The summed E-state index contributed by atoms with van der Waals surface area (Å²) >= 11 is 1.18. The highest BCUT2D eigenvalue weighted by Crippen LogP contribution is 2.20. The lowest BCUT2D eigenvalue weighted by Crippen LogP contribution is -2.18. The van der Waals surface area contributed by atoms with Crippen molar-refractivity contribution >= 4 is 35.1 Å². The average Bonchev–Trinajstić information content (AvgIpc) is 3.09. The third-order valence-electron chi connectivity index (χ3n) is 3.84. The first-order valence-electron chi connectivity index (χ1n) is 8.69. The van der Waals surface area contributed by atoms with E-state index in [1.807, 2.05) is 6.92 Å². The largest absolute Gasteiger partial charge is 0.462 e. The van der Waals surface area contributed by atoms with Crippen LogP contribution in [0.2, 0.25) is 0 Å². The van der Waals surface area contributed by atoms with Crippen molar-refractivity contribution in [1.82, 2.24) is 19.6 Å². The Hall–Kier alpha value is -3.14. The molecule has 1 amide bonds. The van der Waals surface area contributed by atoms with E-state index in [1.165, 1.54) is 17.8 Å². The summed E-state index contributed by atoms with van der Waals surface area (Å²) in [5.41, 5.74) is 1.18. The lowest BCUT2D eigenvalue weighted by molar-refractivity contribution is -0.113. The van der Waals surface area contributed by atoms with Gasteiger partial charge in [-0.2, -0.15) is 0 Å². The maximum absolute atomic E-state index is 12.4. The summed E-state index contributed by atoms with van der Waals surface area (Å²) in [4.78, 5) is 38.6. The van der Waals surface area contributed by atoms with Crippen LogP contribution in [-0.2, 0) is 16.0 Å². The van der Waals surface area contributed by atoms with Gasteiger partial charge in [0.1, 0.15) is 0 Å². The third-order valence-corrected chi connectivity index (χ3v) is 4.77. The van der Waals surface area contributed by atoms with E-state index in [0.717, 1.165) is 5.69 Å². The fourth-order valence-corrected chi connectivity index (χ4v) is 3.38. The monoisotopic (exact) mass is 401 g/mol. The Kier molecular flexibility index (Phi) is 6.09. The quantitative estimate of drug-likeness (QED) is 0.458. The smallest absolute Gasteiger partial charge is 0.340 e. The van der Waals surface area contributed by atoms with Gasteiger partial charge in [-0.1, -0.05) is 30.8 Å². The van der Waals surface area contributed by atoms with Crippen molar-refractivity contribution in [2.45, 2.75) is 25.4 Å². The molecule has 0 atom stereocenters. The summed E-state index contributed by atoms with van der Waals surface area (Å²) in [6.45, 7) is 3.89. The van der Waals surface area contributed by atoms with Crippen molar-refractivity contribution in [1.29, 1.82) is 0 Å². The zero-order valence-corrected chi connectivity index (χ0v) is 16.2. The van der Waals surface area contributed by atoms with Gasteiger partial charge in [0.2, 0.25) is 11.7 Å². The van der Waals surface area contributed by atoms with Crippen molar-refractivity contribution in [3.63, 3.8) is 0 Å². The minimum absolute atomic E-state index is 0.0558. The Morgan fingerprint density at radius 1 is 1.25 bits per heavy atom. The molecule has 3 aromatic rings. The number of nitrogens with one attached hydrogen (secondary N) is 2. The number of anilines is 1. The molecule has 146 valence electrons. The molecule has 0 unspecified atom stereocenters. The maximum atomic E-state index is 12.4. The number of hydrogen-bond acceptors (Lipinski definition) is 7. The number of H-pyrrole nitrogens is 1. The number of aromatic amines is 1. The number of esters is 1. The molecule has 0 aliphatic heterocycles. The van der Waals surface area contributed by atoms with Crippen LogP contribution in [-0.4, -0.2) is 43.8 Å². The summed E-state index contributed by atoms with van der Waals surface area (Å²) in [6.07, 6.45) is 0.616. The van der Waals surface area contributed by atoms with Crippen LogP contribution >= 0.6 is 11.8 Å². The van der Waals surface area contributed by atoms with Gasteiger partial charge in [-0.3, -0.25) is 19.0 Å². The number of nitrogens with zero attached hydrogens (tertiary/aromatic N) is 3. The molecule has 28 heavy (non-hydrogen) atoms. The van der Waals surface area contributed by atoms with Crippen LogP contribution in [0.3, 0.4) is 0 Å². The standard InChI is InChI=1S/C18H19N5O4S/c1-3-11-9-14(24)20-17-21-22-18(23(11)17)28-10-15(25)19-13-8-6-5-7-12(13)16(26)27-4-2/h5-9H,3-4,10H2,1-2H3,(H,19,25)(H,20,21,24). The summed E-state index contributed by atoms with van der Waals surface area (Å²) in [7, 11) is 0. The Labute approximate surface area is 164 Å². The Balaban J connectivity index is 1.73. The second-order valence-electron chi connectivity index (χ2n) is 5.72. The van der Waals surface area contributed by atoms with Crippen LogP contribution < -0.4 is 10.9 Å². The van der Waals surface area contributed by atoms with Gasteiger partial charge in [-0.25, -0.2) is 4.79 Å². The molecule has 10 heteroatoms. The highest BCUT2D eigenvalue weighted by molar-refractivity contribution is 7.99. The van der Waals surface area contributed by atoms with Crippen molar-refractivity contribution < 1.29 is 14.3 Å². The number of thioether (sulfide) groups is 1. The summed E-state index contributed by atoms with van der Waals surface area (Å²) in [6, 6.07) is 8.14. The van der Waals surface area contributed by atoms with Crippen molar-refractivity contribution in [3.05, 3.63) is 51.9 Å². The van der Waals surface area contributed by atoms with E-state index in [0.29, 0.717) is 28.6 Å². The first kappa shape index (κ1) is 19.6. The van der Waals surface area contributed by atoms with Gasteiger partial charge in [-0.05, 0) is 25.5 Å². The molecule has 0 saturated heterocycles. The lowest BCUT2D eigenvalue weighted by atomic mass is 10.2. The fourth-order valence-electron chi connectivity index (χ4n) is 2.62. The highest BCUT2D eigenvalue weighted by atomic mass is 32.2. The van der Waals surface area contributed by atoms with Crippen molar-refractivity contribution in [3.8, 4) is 0 Å². The second-order valence-corrected chi connectivity index (χ2v) is 6.67. The molecule has 1 aromatic carbocycles. The number of aryl methyl sites for hydroxylation is 1. The molecule has 0 bridgehead atoms. The van der Waals surface area contributed by atoms with Crippen molar-refractivity contribution in [2.24, 2.45) is 0 Å².